The molecule has 1 saturated heterocycles. The quantitative estimate of drug-likeness (QED) is 0.878. The highest BCUT2D eigenvalue weighted by atomic mass is 16.5. The smallest absolute Gasteiger partial charge is 0.137 e. The van der Waals surface area contributed by atoms with Crippen LogP contribution in [0, 0.1) is 6.92 Å². The van der Waals surface area contributed by atoms with Crippen LogP contribution in [0.1, 0.15) is 37.6 Å². The molecule has 1 aromatic heterocycles. The number of ether oxygens (including phenoxy) is 1. The van der Waals surface area contributed by atoms with Crippen molar-refractivity contribution in [3.63, 3.8) is 0 Å². The number of aryl methyl sites for hydroxylation is 1. The molecule has 104 valence electrons. The summed E-state index contributed by atoms with van der Waals surface area (Å²) in [5.41, 5.74) is 7.04. The minimum atomic E-state index is 0.370. The van der Waals surface area contributed by atoms with Crippen LogP contribution in [-0.4, -0.2) is 35.3 Å². The summed E-state index contributed by atoms with van der Waals surface area (Å²) in [6, 6.07) is 0.464. The second kappa shape index (κ2) is 4.96. The Balaban J connectivity index is 1.98. The Morgan fingerprint density at radius 1 is 1.37 bits per heavy atom. The first-order valence-electron chi connectivity index (χ1n) is 7.22. The Hall–Kier alpha value is -1.36. The number of nitrogens with two attached hydrogens (primary N) is 1. The second-order valence-electron chi connectivity index (χ2n) is 5.43. The summed E-state index contributed by atoms with van der Waals surface area (Å²) in [7, 11) is 0. The van der Waals surface area contributed by atoms with Crippen LogP contribution >= 0.6 is 0 Å². The van der Waals surface area contributed by atoms with E-state index in [1.807, 2.05) is 6.92 Å². The van der Waals surface area contributed by atoms with E-state index in [-0.39, 0.29) is 0 Å². The van der Waals surface area contributed by atoms with Gasteiger partial charge < -0.3 is 15.4 Å². The van der Waals surface area contributed by atoms with Crippen molar-refractivity contribution in [2.24, 2.45) is 0 Å². The number of hydrogen-bond acceptors (Lipinski definition) is 5. The monoisotopic (exact) mass is 262 g/mol. The predicted molar refractivity (Wildman–Crippen MR) is 75.3 cm³/mol. The second-order valence-corrected chi connectivity index (χ2v) is 5.43. The maximum atomic E-state index is 6.03. The minimum Gasteiger partial charge on any atom is -0.383 e. The molecule has 19 heavy (non-hydrogen) atoms. The molecular weight excluding hydrogens is 240 g/mol. The van der Waals surface area contributed by atoms with Crippen LogP contribution in [0.15, 0.2) is 0 Å². The first kappa shape index (κ1) is 12.7. The number of hydrogen-bond donors (Lipinski definition) is 1. The maximum Gasteiger partial charge on any atom is 0.137 e. The summed E-state index contributed by atoms with van der Waals surface area (Å²) in [5.74, 6) is 2.46. The summed E-state index contributed by atoms with van der Waals surface area (Å²) in [6.45, 7) is 5.77. The van der Waals surface area contributed by atoms with E-state index in [2.05, 4.69) is 16.8 Å². The molecule has 3 rings (SSSR count). The summed E-state index contributed by atoms with van der Waals surface area (Å²) < 4.78 is 5.86. The highest BCUT2D eigenvalue weighted by Gasteiger charge is 2.37. The van der Waals surface area contributed by atoms with Crippen LogP contribution in [0.25, 0.3) is 0 Å². The number of nitrogens with zero attached hydrogens (tertiary/aromatic N) is 3. The van der Waals surface area contributed by atoms with E-state index in [0.29, 0.717) is 18.0 Å². The Morgan fingerprint density at radius 2 is 2.21 bits per heavy atom. The van der Waals surface area contributed by atoms with Gasteiger partial charge in [-0.3, -0.25) is 0 Å². The minimum absolute atomic E-state index is 0.370. The lowest BCUT2D eigenvalue weighted by atomic mass is 10.1. The summed E-state index contributed by atoms with van der Waals surface area (Å²) in [5, 5.41) is 0. The predicted octanol–water partition coefficient (Wildman–Crippen LogP) is 1.69. The molecule has 1 aliphatic heterocycles. The van der Waals surface area contributed by atoms with Crippen molar-refractivity contribution in [3.05, 3.63) is 11.4 Å². The molecular formula is C14H22N4O. The van der Waals surface area contributed by atoms with Crippen molar-refractivity contribution in [1.29, 1.82) is 0 Å². The standard InChI is InChI=1S/C14H22N4O/c1-3-12-16-13(15)9(2)14(17-12)18-7-8-19-11-6-4-5-10(11)18/h10-11H,3-8H2,1-2H3,(H2,15,16,17). The van der Waals surface area contributed by atoms with E-state index in [9.17, 15) is 0 Å². The molecule has 1 aromatic rings. The average molecular weight is 262 g/mol. The summed E-state index contributed by atoms with van der Waals surface area (Å²) in [4.78, 5) is 11.5. The van der Waals surface area contributed by atoms with Crippen LogP contribution in [-0.2, 0) is 11.2 Å². The third-order valence-corrected chi connectivity index (χ3v) is 4.27. The van der Waals surface area contributed by atoms with Gasteiger partial charge in [0, 0.05) is 18.5 Å². The lowest BCUT2D eigenvalue weighted by Crippen LogP contribution is -2.49. The Kier molecular flexibility index (Phi) is 3.31. The van der Waals surface area contributed by atoms with Crippen molar-refractivity contribution >= 4 is 11.6 Å². The highest BCUT2D eigenvalue weighted by molar-refractivity contribution is 5.57. The molecule has 1 aliphatic carbocycles. The van der Waals surface area contributed by atoms with E-state index >= 15 is 0 Å². The molecule has 0 spiro atoms. The van der Waals surface area contributed by atoms with Gasteiger partial charge in [0.25, 0.3) is 0 Å². The molecule has 5 nitrogen and oxygen atoms in total. The summed E-state index contributed by atoms with van der Waals surface area (Å²) in [6.07, 6.45) is 4.79. The molecule has 0 radical (unpaired) electrons. The van der Waals surface area contributed by atoms with Gasteiger partial charge in [0.15, 0.2) is 0 Å². The molecule has 2 N–H and O–H groups in total. The number of rotatable bonds is 2. The number of aromatic nitrogens is 2. The molecule has 0 bridgehead atoms. The largest absolute Gasteiger partial charge is 0.383 e. The number of morpholine rings is 1. The Morgan fingerprint density at radius 3 is 3.00 bits per heavy atom. The fourth-order valence-electron chi connectivity index (χ4n) is 3.19. The molecule has 2 fully saturated rings. The van der Waals surface area contributed by atoms with Gasteiger partial charge in [0.2, 0.25) is 0 Å². The zero-order valence-corrected chi connectivity index (χ0v) is 11.7. The molecule has 2 atom stereocenters. The topological polar surface area (TPSA) is 64.3 Å². The van der Waals surface area contributed by atoms with Crippen LogP contribution < -0.4 is 10.6 Å². The van der Waals surface area contributed by atoms with Crippen LogP contribution in [0.5, 0.6) is 0 Å². The zero-order chi connectivity index (χ0) is 13.4. The molecule has 1 saturated carbocycles. The molecule has 0 amide bonds. The number of nitrogen functional groups attached to an aromatic ring is 1. The highest BCUT2D eigenvalue weighted by Crippen LogP contribution is 2.34. The Bertz CT molecular complexity index is 477. The molecule has 5 heteroatoms. The van der Waals surface area contributed by atoms with Crippen LogP contribution in [0.4, 0.5) is 11.6 Å². The van der Waals surface area contributed by atoms with Gasteiger partial charge in [-0.15, -0.1) is 0 Å². The van der Waals surface area contributed by atoms with E-state index < -0.39 is 0 Å². The first-order chi connectivity index (χ1) is 9.20. The van der Waals surface area contributed by atoms with Crippen molar-refractivity contribution in [3.8, 4) is 0 Å². The van der Waals surface area contributed by atoms with Crippen molar-refractivity contribution in [1.82, 2.24) is 9.97 Å². The third-order valence-electron chi connectivity index (χ3n) is 4.27. The lowest BCUT2D eigenvalue weighted by molar-refractivity contribution is 0.0252. The fraction of sp³-hybridized carbons (Fsp3) is 0.714. The van der Waals surface area contributed by atoms with Crippen LogP contribution in [0.3, 0.4) is 0 Å². The molecule has 0 aromatic carbocycles. The summed E-state index contributed by atoms with van der Waals surface area (Å²) >= 11 is 0. The van der Waals surface area contributed by atoms with Gasteiger partial charge in [-0.1, -0.05) is 6.92 Å². The fourth-order valence-corrected chi connectivity index (χ4v) is 3.19. The molecule has 2 heterocycles. The van der Waals surface area contributed by atoms with Crippen molar-refractivity contribution < 1.29 is 4.74 Å². The van der Waals surface area contributed by atoms with Crippen molar-refractivity contribution in [2.45, 2.75) is 51.7 Å². The number of anilines is 2. The van der Waals surface area contributed by atoms with Gasteiger partial charge in [-0.25, -0.2) is 9.97 Å². The average Bonchev–Trinajstić information content (AvgIpc) is 2.90. The Labute approximate surface area is 114 Å². The van der Waals surface area contributed by atoms with Gasteiger partial charge in [0.05, 0.1) is 18.8 Å². The van der Waals surface area contributed by atoms with Gasteiger partial charge in [0.1, 0.15) is 17.5 Å². The van der Waals surface area contributed by atoms with E-state index in [1.54, 1.807) is 0 Å². The van der Waals surface area contributed by atoms with Gasteiger partial charge in [-0.05, 0) is 26.2 Å². The number of fused-ring (bicyclic) bond motifs is 1. The van der Waals surface area contributed by atoms with Gasteiger partial charge in [-0.2, -0.15) is 0 Å². The van der Waals surface area contributed by atoms with Gasteiger partial charge >= 0.3 is 0 Å². The third kappa shape index (κ3) is 2.16. The molecule has 2 unspecified atom stereocenters. The SMILES string of the molecule is CCc1nc(N)c(C)c(N2CCOC3CCCC32)n1. The lowest BCUT2D eigenvalue weighted by Gasteiger charge is -2.39. The molecule has 2 aliphatic rings. The van der Waals surface area contributed by atoms with E-state index in [0.717, 1.165) is 36.8 Å². The normalized spacial score (nSPS) is 26.5. The van der Waals surface area contributed by atoms with Crippen molar-refractivity contribution in [2.75, 3.05) is 23.8 Å². The van der Waals surface area contributed by atoms with Crippen LogP contribution in [0.2, 0.25) is 0 Å². The maximum absolute atomic E-state index is 6.03. The van der Waals surface area contributed by atoms with E-state index in [4.69, 9.17) is 15.5 Å². The first-order valence-corrected chi connectivity index (χ1v) is 7.22. The zero-order valence-electron chi connectivity index (χ0n) is 11.7. The van der Waals surface area contributed by atoms with E-state index in [1.165, 1.54) is 19.3 Å².